The van der Waals surface area contributed by atoms with Crippen LogP contribution >= 0.6 is 48.8 Å². The van der Waals surface area contributed by atoms with Crippen LogP contribution < -0.4 is 9.64 Å². The first kappa shape index (κ1) is 26.2. The smallest absolute Gasteiger partial charge is 0.119 e. The lowest BCUT2D eigenvalue weighted by molar-refractivity contribution is 0.224. The Morgan fingerprint density at radius 2 is 1.59 bits per heavy atom. The zero-order valence-corrected chi connectivity index (χ0v) is 19.7. The summed E-state index contributed by atoms with van der Waals surface area (Å²) in [5.41, 5.74) is 4.15. The number of fused-ring (bicyclic) bond motifs is 1. The average Bonchev–Trinajstić information content (AvgIpc) is 3.14. The van der Waals surface area contributed by atoms with Crippen molar-refractivity contribution in [1.82, 2.24) is 4.90 Å². The second-order valence-corrected chi connectivity index (χ2v) is 7.67. The number of anilines is 1. The Kier molecular flexibility index (Phi) is 11.5. The quantitative estimate of drug-likeness (QED) is 0.495. The number of hydrogen-bond donors (Lipinski definition) is 0. The number of halogens is 4. The highest BCUT2D eigenvalue weighted by atomic mass is 35.5. The van der Waals surface area contributed by atoms with Gasteiger partial charge in [0.15, 0.2) is 0 Å². The third kappa shape index (κ3) is 6.83. The van der Waals surface area contributed by atoms with E-state index in [1.54, 1.807) is 0 Å². The van der Waals surface area contributed by atoms with Gasteiger partial charge in [-0.25, -0.2) is 0 Å². The molecule has 2 aromatic rings. The lowest BCUT2D eigenvalue weighted by Crippen LogP contribution is -2.46. The number of hydrogen-bond acceptors (Lipinski definition) is 3. The monoisotopic (exact) mass is 478 g/mol. The van der Waals surface area contributed by atoms with E-state index in [0.29, 0.717) is 0 Å². The summed E-state index contributed by atoms with van der Waals surface area (Å²) in [6.45, 7) is 6.14. The highest BCUT2D eigenvalue weighted by Gasteiger charge is 2.18. The van der Waals surface area contributed by atoms with Crippen LogP contribution in [0.25, 0.3) is 0 Å². The zero-order valence-electron chi connectivity index (χ0n) is 16.5. The second-order valence-electron chi connectivity index (χ2n) is 7.27. The molecule has 162 valence electrons. The van der Waals surface area contributed by atoms with Crippen LogP contribution in [-0.4, -0.2) is 44.2 Å². The van der Waals surface area contributed by atoms with Gasteiger partial charge < -0.3 is 9.64 Å². The second kappa shape index (κ2) is 12.8. The molecule has 1 aliphatic heterocycles. The van der Waals surface area contributed by atoms with Crippen LogP contribution in [0.2, 0.25) is 5.02 Å². The highest BCUT2D eigenvalue weighted by molar-refractivity contribution is 6.33. The SMILES string of the molecule is Cl.Cl.Cl.Clc1ccccc1N1CCN(CCCOc2ccc3c(c2)CCC3)CC1. The number of nitrogens with zero attached hydrogens (tertiary/aromatic N) is 2. The van der Waals surface area contributed by atoms with Crippen LogP contribution in [-0.2, 0) is 12.8 Å². The third-order valence-electron chi connectivity index (χ3n) is 5.52. The largest absolute Gasteiger partial charge is 0.494 e. The lowest BCUT2D eigenvalue weighted by atomic mass is 10.1. The molecule has 7 heteroatoms. The molecular formula is C22H30Cl4N2O. The summed E-state index contributed by atoms with van der Waals surface area (Å²) in [5, 5.41) is 0.851. The molecule has 0 radical (unpaired) electrons. The fraction of sp³-hybridized carbons (Fsp3) is 0.455. The van der Waals surface area contributed by atoms with Gasteiger partial charge in [-0.15, -0.1) is 37.2 Å². The van der Waals surface area contributed by atoms with Crippen LogP contribution in [0.15, 0.2) is 42.5 Å². The summed E-state index contributed by atoms with van der Waals surface area (Å²) < 4.78 is 5.97. The zero-order chi connectivity index (χ0) is 17.8. The summed E-state index contributed by atoms with van der Waals surface area (Å²) in [6.07, 6.45) is 4.81. The molecule has 0 N–H and O–H groups in total. The van der Waals surface area contributed by atoms with Gasteiger partial charge in [-0.2, -0.15) is 0 Å². The maximum atomic E-state index is 6.32. The van der Waals surface area contributed by atoms with Crippen LogP contribution in [0.4, 0.5) is 5.69 Å². The molecule has 4 rings (SSSR count). The van der Waals surface area contributed by atoms with Gasteiger partial charge in [0.1, 0.15) is 5.75 Å². The molecule has 1 saturated heterocycles. The lowest BCUT2D eigenvalue weighted by Gasteiger charge is -2.36. The van der Waals surface area contributed by atoms with E-state index < -0.39 is 0 Å². The summed E-state index contributed by atoms with van der Waals surface area (Å²) in [6, 6.07) is 14.7. The van der Waals surface area contributed by atoms with Gasteiger partial charge in [0, 0.05) is 32.7 Å². The first-order chi connectivity index (χ1) is 12.8. The van der Waals surface area contributed by atoms with Gasteiger partial charge in [-0.3, -0.25) is 4.90 Å². The van der Waals surface area contributed by atoms with Gasteiger partial charge >= 0.3 is 0 Å². The predicted molar refractivity (Wildman–Crippen MR) is 130 cm³/mol. The number of ether oxygens (including phenoxy) is 1. The molecule has 1 heterocycles. The van der Waals surface area contributed by atoms with Gasteiger partial charge in [0.25, 0.3) is 0 Å². The Hall–Kier alpha value is -0.840. The Bertz CT molecular complexity index is 751. The Balaban J connectivity index is 0.00000140. The van der Waals surface area contributed by atoms with Crippen molar-refractivity contribution < 1.29 is 4.74 Å². The molecule has 0 atom stereocenters. The molecule has 0 aromatic heterocycles. The van der Waals surface area contributed by atoms with Gasteiger partial charge in [-0.1, -0.05) is 29.8 Å². The van der Waals surface area contributed by atoms with E-state index in [1.807, 2.05) is 12.1 Å². The van der Waals surface area contributed by atoms with E-state index in [0.717, 1.165) is 62.2 Å². The number of benzene rings is 2. The molecule has 29 heavy (non-hydrogen) atoms. The highest BCUT2D eigenvalue weighted by Crippen LogP contribution is 2.27. The molecule has 0 unspecified atom stereocenters. The number of aryl methyl sites for hydroxylation is 2. The Morgan fingerprint density at radius 3 is 2.34 bits per heavy atom. The maximum absolute atomic E-state index is 6.32. The van der Waals surface area contributed by atoms with E-state index in [-0.39, 0.29) is 37.2 Å². The van der Waals surface area contributed by atoms with Gasteiger partial charge in [0.05, 0.1) is 17.3 Å². The first-order valence-corrected chi connectivity index (χ1v) is 10.1. The van der Waals surface area contributed by atoms with Crippen molar-refractivity contribution in [1.29, 1.82) is 0 Å². The van der Waals surface area contributed by atoms with E-state index >= 15 is 0 Å². The summed E-state index contributed by atoms with van der Waals surface area (Å²) >= 11 is 6.32. The number of rotatable bonds is 6. The molecule has 1 aliphatic carbocycles. The van der Waals surface area contributed by atoms with Crippen molar-refractivity contribution in [3.8, 4) is 5.75 Å². The molecule has 0 saturated carbocycles. The van der Waals surface area contributed by atoms with Crippen molar-refractivity contribution in [2.45, 2.75) is 25.7 Å². The Morgan fingerprint density at radius 1 is 0.862 bits per heavy atom. The van der Waals surface area contributed by atoms with Crippen LogP contribution in [0, 0.1) is 0 Å². The van der Waals surface area contributed by atoms with E-state index in [2.05, 4.69) is 40.1 Å². The van der Waals surface area contributed by atoms with Crippen LogP contribution in [0.3, 0.4) is 0 Å². The molecule has 0 bridgehead atoms. The summed E-state index contributed by atoms with van der Waals surface area (Å²) in [4.78, 5) is 4.92. The van der Waals surface area contributed by atoms with Crippen molar-refractivity contribution in [2.75, 3.05) is 44.2 Å². The van der Waals surface area contributed by atoms with Crippen molar-refractivity contribution >= 4 is 54.5 Å². The molecule has 0 amide bonds. The standard InChI is InChI=1S/C22H27ClN2O.3ClH/c23-21-7-1-2-8-22(21)25-14-12-24(13-15-25)11-4-16-26-20-10-9-18-5-3-6-19(18)17-20;;;/h1-2,7-10,17H,3-6,11-16H2;3*1H. The maximum Gasteiger partial charge on any atom is 0.119 e. The summed E-state index contributed by atoms with van der Waals surface area (Å²) in [5.74, 6) is 1.04. The minimum atomic E-state index is 0. The van der Waals surface area contributed by atoms with Gasteiger partial charge in [-0.05, 0) is 61.1 Å². The molecule has 2 aromatic carbocycles. The first-order valence-electron chi connectivity index (χ1n) is 9.76. The topological polar surface area (TPSA) is 15.7 Å². The predicted octanol–water partition coefficient (Wildman–Crippen LogP) is 5.69. The molecule has 0 spiro atoms. The van der Waals surface area contributed by atoms with Crippen molar-refractivity contribution in [3.63, 3.8) is 0 Å². The van der Waals surface area contributed by atoms with E-state index in [9.17, 15) is 0 Å². The fourth-order valence-corrected chi connectivity index (χ4v) is 4.29. The minimum Gasteiger partial charge on any atom is -0.494 e. The van der Waals surface area contributed by atoms with Crippen LogP contribution in [0.5, 0.6) is 5.75 Å². The van der Waals surface area contributed by atoms with Crippen molar-refractivity contribution in [2.24, 2.45) is 0 Å². The molecule has 3 nitrogen and oxygen atoms in total. The molecule has 2 aliphatic rings. The third-order valence-corrected chi connectivity index (χ3v) is 5.84. The fourth-order valence-electron chi connectivity index (χ4n) is 4.04. The van der Waals surface area contributed by atoms with E-state index in [4.69, 9.17) is 16.3 Å². The van der Waals surface area contributed by atoms with Gasteiger partial charge in [0.2, 0.25) is 0 Å². The van der Waals surface area contributed by atoms with Crippen molar-refractivity contribution in [3.05, 3.63) is 58.6 Å². The van der Waals surface area contributed by atoms with E-state index in [1.165, 1.54) is 30.4 Å². The number of piperazine rings is 1. The summed E-state index contributed by atoms with van der Waals surface area (Å²) in [7, 11) is 0. The minimum absolute atomic E-state index is 0. The Labute approximate surface area is 198 Å². The molecular weight excluding hydrogens is 450 g/mol. The normalized spacial score (nSPS) is 15.6. The number of para-hydroxylation sites is 1. The average molecular weight is 480 g/mol. The molecule has 1 fully saturated rings. The van der Waals surface area contributed by atoms with Crippen LogP contribution in [0.1, 0.15) is 24.0 Å².